The Labute approximate surface area is 165 Å². The minimum Gasteiger partial charge on any atom is -0.478 e. The Morgan fingerprint density at radius 3 is 2.54 bits per heavy atom. The first-order valence-corrected chi connectivity index (χ1v) is 9.68. The highest BCUT2D eigenvalue weighted by molar-refractivity contribution is 5.95. The van der Waals surface area contributed by atoms with Gasteiger partial charge in [0.2, 0.25) is 5.91 Å². The largest absolute Gasteiger partial charge is 0.478 e. The maximum atomic E-state index is 13.0. The van der Waals surface area contributed by atoms with Gasteiger partial charge in [-0.05, 0) is 38.3 Å². The zero-order valence-corrected chi connectivity index (χ0v) is 16.9. The molecular weight excluding hydrogens is 354 g/mol. The van der Waals surface area contributed by atoms with Crippen molar-refractivity contribution in [3.05, 3.63) is 47.4 Å². The van der Waals surface area contributed by atoms with Crippen LogP contribution in [-0.4, -0.2) is 38.4 Å². The van der Waals surface area contributed by atoms with Gasteiger partial charge in [0, 0.05) is 17.5 Å². The number of carbonyl (C=O) groups is 2. The number of rotatable bonds is 3. The Kier molecular flexibility index (Phi) is 5.49. The van der Waals surface area contributed by atoms with Crippen LogP contribution in [0.2, 0.25) is 0 Å². The lowest BCUT2D eigenvalue weighted by Crippen LogP contribution is -2.44. The van der Waals surface area contributed by atoms with Crippen LogP contribution in [-0.2, 0) is 4.79 Å². The maximum Gasteiger partial charge on any atom is 0.336 e. The van der Waals surface area contributed by atoms with Crippen molar-refractivity contribution >= 4 is 11.9 Å². The van der Waals surface area contributed by atoms with Crippen molar-refractivity contribution in [3.63, 3.8) is 0 Å². The molecule has 0 aliphatic carbocycles. The average Bonchev–Trinajstić information content (AvgIpc) is 2.66. The van der Waals surface area contributed by atoms with Crippen molar-refractivity contribution < 1.29 is 14.7 Å². The minimum atomic E-state index is -0.990. The molecule has 1 aromatic carbocycles. The number of hydrogen-bond acceptors (Lipinski definition) is 4. The number of aromatic carboxylic acids is 1. The molecule has 6 nitrogen and oxygen atoms in total. The van der Waals surface area contributed by atoms with Crippen LogP contribution in [0.1, 0.15) is 68.0 Å². The van der Waals surface area contributed by atoms with E-state index in [4.69, 9.17) is 0 Å². The van der Waals surface area contributed by atoms with Gasteiger partial charge in [0.05, 0.1) is 23.0 Å². The minimum absolute atomic E-state index is 0.112. The lowest BCUT2D eigenvalue weighted by atomic mass is 9.90. The van der Waals surface area contributed by atoms with E-state index in [0.29, 0.717) is 23.6 Å². The van der Waals surface area contributed by atoms with Gasteiger partial charge in [-0.2, -0.15) is 0 Å². The molecule has 6 heteroatoms. The molecule has 1 aromatic heterocycles. The highest BCUT2D eigenvalue weighted by atomic mass is 16.4. The first-order chi connectivity index (χ1) is 13.2. The molecule has 2 heterocycles. The summed E-state index contributed by atoms with van der Waals surface area (Å²) in [6, 6.07) is 8.56. The second-order valence-corrected chi connectivity index (χ2v) is 8.34. The molecule has 1 atom stereocenters. The van der Waals surface area contributed by atoms with Crippen LogP contribution in [0.25, 0.3) is 11.3 Å². The van der Waals surface area contributed by atoms with E-state index < -0.39 is 11.4 Å². The van der Waals surface area contributed by atoms with E-state index in [-0.39, 0.29) is 17.5 Å². The van der Waals surface area contributed by atoms with E-state index in [1.807, 2.05) is 31.7 Å². The van der Waals surface area contributed by atoms with Gasteiger partial charge in [-0.15, -0.1) is 0 Å². The topological polar surface area (TPSA) is 83.4 Å². The molecule has 0 saturated carbocycles. The van der Waals surface area contributed by atoms with Crippen LogP contribution in [0.5, 0.6) is 0 Å². The fraction of sp³-hybridized carbons (Fsp3) is 0.455. The Morgan fingerprint density at radius 2 is 1.86 bits per heavy atom. The second-order valence-electron chi connectivity index (χ2n) is 8.34. The molecule has 0 unspecified atom stereocenters. The number of aryl methyl sites for hydroxylation is 1. The summed E-state index contributed by atoms with van der Waals surface area (Å²) in [6.07, 6.45) is 2.86. The Hall–Kier alpha value is -2.76. The Bertz CT molecular complexity index is 902. The van der Waals surface area contributed by atoms with E-state index in [9.17, 15) is 14.7 Å². The average molecular weight is 381 g/mol. The van der Waals surface area contributed by atoms with Crippen LogP contribution >= 0.6 is 0 Å². The van der Waals surface area contributed by atoms with E-state index >= 15 is 0 Å². The van der Waals surface area contributed by atoms with Crippen molar-refractivity contribution in [3.8, 4) is 11.3 Å². The highest BCUT2D eigenvalue weighted by Gasteiger charge is 2.35. The molecule has 3 rings (SSSR count). The second kappa shape index (κ2) is 7.70. The molecule has 0 spiro atoms. The molecule has 0 radical (unpaired) electrons. The van der Waals surface area contributed by atoms with Gasteiger partial charge in [-0.1, -0.05) is 39.0 Å². The third-order valence-corrected chi connectivity index (χ3v) is 5.04. The molecule has 0 bridgehead atoms. The predicted molar refractivity (Wildman–Crippen MR) is 107 cm³/mol. The van der Waals surface area contributed by atoms with Gasteiger partial charge in [0.25, 0.3) is 0 Å². The van der Waals surface area contributed by atoms with Crippen molar-refractivity contribution in [2.45, 2.75) is 53.0 Å². The number of nitrogens with zero attached hydrogens (tertiary/aromatic N) is 3. The summed E-state index contributed by atoms with van der Waals surface area (Å²) in [7, 11) is 0. The first kappa shape index (κ1) is 20.0. The summed E-state index contributed by atoms with van der Waals surface area (Å²) < 4.78 is 0. The maximum absolute atomic E-state index is 13.0. The Morgan fingerprint density at radius 1 is 1.14 bits per heavy atom. The number of likely N-dealkylation sites (tertiary alicyclic amines) is 1. The zero-order valence-electron chi connectivity index (χ0n) is 16.9. The number of amides is 1. The van der Waals surface area contributed by atoms with Crippen LogP contribution < -0.4 is 0 Å². The quantitative estimate of drug-likeness (QED) is 0.859. The number of piperidine rings is 1. The lowest BCUT2D eigenvalue weighted by molar-refractivity contribution is -0.143. The molecule has 148 valence electrons. The summed E-state index contributed by atoms with van der Waals surface area (Å²) in [4.78, 5) is 35.6. The zero-order chi connectivity index (χ0) is 20.5. The van der Waals surface area contributed by atoms with Crippen LogP contribution in [0, 0.1) is 12.3 Å². The van der Waals surface area contributed by atoms with Gasteiger partial charge in [0.1, 0.15) is 5.82 Å². The summed E-state index contributed by atoms with van der Waals surface area (Å²) in [6.45, 7) is 8.31. The normalized spacial score (nSPS) is 17.4. The number of carboxylic acid groups (broad SMARTS) is 1. The van der Waals surface area contributed by atoms with Gasteiger partial charge in [-0.3, -0.25) is 4.79 Å². The van der Waals surface area contributed by atoms with Crippen molar-refractivity contribution in [2.24, 2.45) is 5.41 Å². The molecule has 1 N–H and O–H groups in total. The van der Waals surface area contributed by atoms with Crippen LogP contribution in [0.3, 0.4) is 0 Å². The molecule has 1 aliphatic rings. The molecular formula is C22H27N3O3. The number of carbonyl (C=O) groups excluding carboxylic acids is 1. The fourth-order valence-electron chi connectivity index (χ4n) is 3.71. The van der Waals surface area contributed by atoms with Crippen molar-refractivity contribution in [1.82, 2.24) is 14.9 Å². The van der Waals surface area contributed by atoms with Gasteiger partial charge in [-0.25, -0.2) is 14.8 Å². The predicted octanol–water partition coefficient (Wildman–Crippen LogP) is 4.25. The standard InChI is InChI=1S/C22H27N3O3/c1-14-23-17(15-9-5-6-10-16(15)20(26)27)13-18(24-14)19-11-7-8-12-25(19)21(28)22(2,3)4/h5-6,9-10,13,19H,7-8,11-12H2,1-4H3,(H,26,27)/t19-/m1/s1. The molecule has 1 aliphatic heterocycles. The van der Waals surface area contributed by atoms with E-state index in [1.54, 1.807) is 31.2 Å². The number of aromatic nitrogens is 2. The smallest absolute Gasteiger partial charge is 0.336 e. The van der Waals surface area contributed by atoms with Gasteiger partial charge in [0.15, 0.2) is 0 Å². The van der Waals surface area contributed by atoms with Gasteiger partial charge < -0.3 is 10.0 Å². The van der Waals surface area contributed by atoms with Crippen LogP contribution in [0.15, 0.2) is 30.3 Å². The monoisotopic (exact) mass is 381 g/mol. The van der Waals surface area contributed by atoms with E-state index in [0.717, 1.165) is 25.0 Å². The highest BCUT2D eigenvalue weighted by Crippen LogP contribution is 2.35. The van der Waals surface area contributed by atoms with E-state index in [2.05, 4.69) is 9.97 Å². The summed E-state index contributed by atoms with van der Waals surface area (Å²) >= 11 is 0. The molecule has 2 aromatic rings. The molecule has 1 saturated heterocycles. The number of hydrogen-bond donors (Lipinski definition) is 1. The van der Waals surface area contributed by atoms with E-state index in [1.165, 1.54) is 0 Å². The summed E-state index contributed by atoms with van der Waals surface area (Å²) in [5, 5.41) is 9.52. The Balaban J connectivity index is 2.06. The molecule has 28 heavy (non-hydrogen) atoms. The third-order valence-electron chi connectivity index (χ3n) is 5.04. The van der Waals surface area contributed by atoms with Crippen molar-refractivity contribution in [1.29, 1.82) is 0 Å². The summed E-state index contributed by atoms with van der Waals surface area (Å²) in [5.74, 6) is -0.307. The third kappa shape index (κ3) is 4.06. The summed E-state index contributed by atoms with van der Waals surface area (Å²) in [5.41, 5.74) is 1.66. The van der Waals surface area contributed by atoms with Crippen LogP contribution in [0.4, 0.5) is 0 Å². The van der Waals surface area contributed by atoms with Crippen molar-refractivity contribution in [2.75, 3.05) is 6.54 Å². The first-order valence-electron chi connectivity index (χ1n) is 9.68. The van der Waals surface area contributed by atoms with Gasteiger partial charge >= 0.3 is 5.97 Å². The fourth-order valence-corrected chi connectivity index (χ4v) is 3.71. The number of benzene rings is 1. The SMILES string of the molecule is Cc1nc(-c2ccccc2C(=O)O)cc([C@H]2CCCCN2C(=O)C(C)(C)C)n1. The number of carboxylic acids is 1. The lowest BCUT2D eigenvalue weighted by Gasteiger charge is -2.39. The molecule has 1 amide bonds. The molecule has 1 fully saturated rings.